The van der Waals surface area contributed by atoms with Crippen molar-refractivity contribution >= 4 is 16.5 Å². The van der Waals surface area contributed by atoms with E-state index in [1.54, 1.807) is 17.5 Å². The maximum absolute atomic E-state index is 4.32. The number of aromatic nitrogens is 3. The molecule has 0 fully saturated rings. The summed E-state index contributed by atoms with van der Waals surface area (Å²) in [5.41, 5.74) is 2.28. The van der Waals surface area contributed by atoms with E-state index in [0.717, 1.165) is 10.8 Å². The second-order valence-electron chi connectivity index (χ2n) is 3.55. The van der Waals surface area contributed by atoms with Gasteiger partial charge in [-0.05, 0) is 13.8 Å². The van der Waals surface area contributed by atoms with Gasteiger partial charge in [0, 0.05) is 30.4 Å². The molecule has 2 rings (SSSR count). The van der Waals surface area contributed by atoms with E-state index in [9.17, 15) is 0 Å². The SMILES string of the molecule is Cc1nn(C)cc1C(C)Nc1nccs1. The standard InChI is InChI=1S/C10H14N4S/c1-7(12-10-11-4-5-15-10)9-6-14(3)13-8(9)2/h4-7H,1-3H3,(H,11,12). The van der Waals surface area contributed by atoms with Crippen molar-refractivity contribution in [3.8, 4) is 0 Å². The highest BCUT2D eigenvalue weighted by atomic mass is 32.1. The Morgan fingerprint density at radius 1 is 1.53 bits per heavy atom. The molecule has 2 heterocycles. The van der Waals surface area contributed by atoms with E-state index in [0.29, 0.717) is 0 Å². The van der Waals surface area contributed by atoms with Crippen LogP contribution in [0.5, 0.6) is 0 Å². The van der Waals surface area contributed by atoms with Crippen LogP contribution < -0.4 is 5.32 Å². The van der Waals surface area contributed by atoms with E-state index in [1.807, 2.05) is 30.2 Å². The molecule has 0 bridgehead atoms. The fourth-order valence-electron chi connectivity index (χ4n) is 1.60. The second-order valence-corrected chi connectivity index (χ2v) is 4.44. The van der Waals surface area contributed by atoms with E-state index in [-0.39, 0.29) is 6.04 Å². The van der Waals surface area contributed by atoms with Gasteiger partial charge in [0.25, 0.3) is 0 Å². The van der Waals surface area contributed by atoms with Gasteiger partial charge >= 0.3 is 0 Å². The fourth-order valence-corrected chi connectivity index (χ4v) is 2.22. The second kappa shape index (κ2) is 4.02. The lowest BCUT2D eigenvalue weighted by Gasteiger charge is -2.11. The molecule has 0 saturated carbocycles. The molecular formula is C10H14N4S. The summed E-state index contributed by atoms with van der Waals surface area (Å²) >= 11 is 1.61. The molecule has 2 aromatic rings. The molecule has 0 spiro atoms. The van der Waals surface area contributed by atoms with E-state index in [4.69, 9.17) is 0 Å². The van der Waals surface area contributed by atoms with Crippen LogP contribution in [0, 0.1) is 6.92 Å². The van der Waals surface area contributed by atoms with Gasteiger partial charge in [0.2, 0.25) is 0 Å². The number of nitrogens with zero attached hydrogens (tertiary/aromatic N) is 3. The lowest BCUT2D eigenvalue weighted by Crippen LogP contribution is -2.06. The zero-order chi connectivity index (χ0) is 10.8. The maximum Gasteiger partial charge on any atom is 0.183 e. The number of rotatable bonds is 3. The van der Waals surface area contributed by atoms with Gasteiger partial charge < -0.3 is 5.32 Å². The predicted molar refractivity (Wildman–Crippen MR) is 62.1 cm³/mol. The van der Waals surface area contributed by atoms with Crippen LogP contribution in [-0.4, -0.2) is 14.8 Å². The van der Waals surface area contributed by atoms with Crippen LogP contribution in [0.4, 0.5) is 5.13 Å². The lowest BCUT2D eigenvalue weighted by atomic mass is 10.1. The number of nitrogens with one attached hydrogen (secondary N) is 1. The summed E-state index contributed by atoms with van der Waals surface area (Å²) in [4.78, 5) is 4.20. The van der Waals surface area contributed by atoms with Crippen molar-refractivity contribution in [3.05, 3.63) is 29.0 Å². The number of hydrogen-bond acceptors (Lipinski definition) is 4. The first-order valence-electron chi connectivity index (χ1n) is 4.83. The summed E-state index contributed by atoms with van der Waals surface area (Å²) in [5, 5.41) is 10.6. The van der Waals surface area contributed by atoms with Crippen LogP contribution in [0.1, 0.15) is 24.2 Å². The van der Waals surface area contributed by atoms with Crippen molar-refractivity contribution < 1.29 is 0 Å². The molecule has 15 heavy (non-hydrogen) atoms. The van der Waals surface area contributed by atoms with Crippen molar-refractivity contribution in [2.24, 2.45) is 7.05 Å². The molecular weight excluding hydrogens is 208 g/mol. The Kier molecular flexibility index (Phi) is 2.73. The molecule has 0 aliphatic rings. The number of thiazole rings is 1. The molecule has 4 nitrogen and oxygen atoms in total. The largest absolute Gasteiger partial charge is 0.355 e. The lowest BCUT2D eigenvalue weighted by molar-refractivity contribution is 0.756. The smallest absolute Gasteiger partial charge is 0.183 e. The Labute approximate surface area is 93.0 Å². The van der Waals surface area contributed by atoms with E-state index in [2.05, 4.69) is 22.3 Å². The zero-order valence-electron chi connectivity index (χ0n) is 9.06. The molecule has 0 aromatic carbocycles. The number of hydrogen-bond donors (Lipinski definition) is 1. The van der Waals surface area contributed by atoms with Gasteiger partial charge in [-0.1, -0.05) is 0 Å². The molecule has 0 radical (unpaired) electrons. The normalized spacial score (nSPS) is 12.7. The topological polar surface area (TPSA) is 42.7 Å². The Balaban J connectivity index is 2.14. The Bertz CT molecular complexity index is 432. The first-order chi connectivity index (χ1) is 7.16. The van der Waals surface area contributed by atoms with E-state index in [1.165, 1.54) is 5.56 Å². The minimum absolute atomic E-state index is 0.241. The Morgan fingerprint density at radius 2 is 2.33 bits per heavy atom. The van der Waals surface area contributed by atoms with Crippen molar-refractivity contribution in [2.75, 3.05) is 5.32 Å². The Hall–Kier alpha value is -1.36. The molecule has 0 saturated heterocycles. The van der Waals surface area contributed by atoms with E-state index >= 15 is 0 Å². The van der Waals surface area contributed by atoms with Crippen LogP contribution in [0.25, 0.3) is 0 Å². The van der Waals surface area contributed by atoms with Gasteiger partial charge in [0.1, 0.15) is 0 Å². The molecule has 1 atom stereocenters. The highest BCUT2D eigenvalue weighted by Crippen LogP contribution is 2.22. The molecule has 1 N–H and O–H groups in total. The quantitative estimate of drug-likeness (QED) is 0.867. The maximum atomic E-state index is 4.32. The van der Waals surface area contributed by atoms with Crippen LogP contribution >= 0.6 is 11.3 Å². The first-order valence-corrected chi connectivity index (χ1v) is 5.71. The molecule has 80 valence electrons. The van der Waals surface area contributed by atoms with E-state index < -0.39 is 0 Å². The van der Waals surface area contributed by atoms with Crippen molar-refractivity contribution in [1.82, 2.24) is 14.8 Å². The highest BCUT2D eigenvalue weighted by Gasteiger charge is 2.12. The van der Waals surface area contributed by atoms with Gasteiger partial charge in [0.15, 0.2) is 5.13 Å². The van der Waals surface area contributed by atoms with Crippen LogP contribution in [-0.2, 0) is 7.05 Å². The van der Waals surface area contributed by atoms with Crippen molar-refractivity contribution in [1.29, 1.82) is 0 Å². The minimum atomic E-state index is 0.241. The third-order valence-corrected chi connectivity index (χ3v) is 2.99. The van der Waals surface area contributed by atoms with Gasteiger partial charge in [0.05, 0.1) is 11.7 Å². The Morgan fingerprint density at radius 3 is 2.87 bits per heavy atom. The minimum Gasteiger partial charge on any atom is -0.355 e. The summed E-state index contributed by atoms with van der Waals surface area (Å²) in [7, 11) is 1.94. The summed E-state index contributed by atoms with van der Waals surface area (Å²) in [6.07, 6.45) is 3.84. The highest BCUT2D eigenvalue weighted by molar-refractivity contribution is 7.13. The molecule has 0 amide bonds. The van der Waals surface area contributed by atoms with Crippen LogP contribution in [0.15, 0.2) is 17.8 Å². The summed E-state index contributed by atoms with van der Waals surface area (Å²) in [6, 6.07) is 0.241. The summed E-state index contributed by atoms with van der Waals surface area (Å²) in [6.45, 7) is 4.14. The van der Waals surface area contributed by atoms with Gasteiger partial charge in [-0.3, -0.25) is 4.68 Å². The molecule has 1 unspecified atom stereocenters. The molecule has 0 aliphatic carbocycles. The van der Waals surface area contributed by atoms with Crippen LogP contribution in [0.2, 0.25) is 0 Å². The van der Waals surface area contributed by atoms with Crippen LogP contribution in [0.3, 0.4) is 0 Å². The van der Waals surface area contributed by atoms with Gasteiger partial charge in [-0.25, -0.2) is 4.98 Å². The fraction of sp³-hybridized carbons (Fsp3) is 0.400. The summed E-state index contributed by atoms with van der Waals surface area (Å²) in [5.74, 6) is 0. The number of anilines is 1. The molecule has 2 aromatic heterocycles. The predicted octanol–water partition coefficient (Wildman–Crippen LogP) is 2.36. The third kappa shape index (κ3) is 2.18. The third-order valence-electron chi connectivity index (χ3n) is 2.29. The average molecular weight is 222 g/mol. The summed E-state index contributed by atoms with van der Waals surface area (Å²) < 4.78 is 1.84. The zero-order valence-corrected chi connectivity index (χ0v) is 9.88. The number of aryl methyl sites for hydroxylation is 2. The van der Waals surface area contributed by atoms with Crippen molar-refractivity contribution in [3.63, 3.8) is 0 Å². The monoisotopic (exact) mass is 222 g/mol. The van der Waals surface area contributed by atoms with Crippen molar-refractivity contribution in [2.45, 2.75) is 19.9 Å². The average Bonchev–Trinajstić information content (AvgIpc) is 2.75. The molecule has 5 heteroatoms. The van der Waals surface area contributed by atoms with Gasteiger partial charge in [-0.15, -0.1) is 11.3 Å². The van der Waals surface area contributed by atoms with Gasteiger partial charge in [-0.2, -0.15) is 5.10 Å². The molecule has 0 aliphatic heterocycles. The first kappa shape index (κ1) is 10.2.